The predicted molar refractivity (Wildman–Crippen MR) is 168 cm³/mol. The van der Waals surface area contributed by atoms with E-state index >= 15 is 0 Å². The fourth-order valence-electron chi connectivity index (χ4n) is 5.97. The van der Waals surface area contributed by atoms with E-state index in [0.717, 1.165) is 18.5 Å². The van der Waals surface area contributed by atoms with Gasteiger partial charge in [-0.2, -0.15) is 5.26 Å². The Morgan fingerprint density at radius 3 is 2.14 bits per heavy atom. The third kappa shape index (κ3) is 6.28. The minimum atomic E-state index is -3.34. The van der Waals surface area contributed by atoms with E-state index in [1.807, 2.05) is 12.1 Å². The third-order valence-electron chi connectivity index (χ3n) is 9.10. The largest absolute Gasteiger partial charge is 0.495 e. The first-order chi connectivity index (χ1) is 20.8. The van der Waals surface area contributed by atoms with Gasteiger partial charge in [0.1, 0.15) is 5.75 Å². The summed E-state index contributed by atoms with van der Waals surface area (Å²) in [5, 5.41) is 12.4. The van der Waals surface area contributed by atoms with Gasteiger partial charge >= 0.3 is 0 Å². The molecule has 0 heterocycles. The molecule has 7 nitrogen and oxygen atoms in total. The molecule has 224 valence electrons. The van der Waals surface area contributed by atoms with Crippen LogP contribution >= 0.6 is 0 Å². The molecule has 8 heteroatoms. The van der Waals surface area contributed by atoms with Crippen molar-refractivity contribution in [2.75, 3.05) is 17.8 Å². The molecule has 43 heavy (non-hydrogen) atoms. The van der Waals surface area contributed by atoms with Crippen molar-refractivity contribution in [3.8, 4) is 11.8 Å². The van der Waals surface area contributed by atoms with Gasteiger partial charge in [-0.25, -0.2) is 8.42 Å². The second-order valence-corrected chi connectivity index (χ2v) is 14.4. The van der Waals surface area contributed by atoms with Gasteiger partial charge in [-0.15, -0.1) is 0 Å². The van der Waals surface area contributed by atoms with Crippen LogP contribution in [0.5, 0.6) is 5.75 Å². The van der Waals surface area contributed by atoms with E-state index in [1.54, 1.807) is 32.2 Å². The molecule has 0 spiro atoms. The van der Waals surface area contributed by atoms with Gasteiger partial charge in [0.25, 0.3) is 5.91 Å². The van der Waals surface area contributed by atoms with Crippen molar-refractivity contribution in [2.24, 2.45) is 0 Å². The van der Waals surface area contributed by atoms with E-state index in [1.165, 1.54) is 61.1 Å². The van der Waals surface area contributed by atoms with Crippen molar-refractivity contribution in [3.63, 3.8) is 0 Å². The van der Waals surface area contributed by atoms with E-state index in [2.05, 4.69) is 34.5 Å². The normalized spacial score (nSPS) is 17.4. The molecule has 3 aliphatic carbocycles. The van der Waals surface area contributed by atoms with E-state index in [0.29, 0.717) is 34.8 Å². The molecule has 3 fully saturated rings. The van der Waals surface area contributed by atoms with E-state index < -0.39 is 15.9 Å². The number of benzene rings is 3. The van der Waals surface area contributed by atoms with Crippen LogP contribution in [0.3, 0.4) is 0 Å². The van der Waals surface area contributed by atoms with Crippen molar-refractivity contribution < 1.29 is 17.9 Å². The maximum absolute atomic E-state index is 13.5. The zero-order chi connectivity index (χ0) is 30.1. The van der Waals surface area contributed by atoms with Crippen molar-refractivity contribution >= 4 is 27.1 Å². The van der Waals surface area contributed by atoms with E-state index in [-0.39, 0.29) is 23.0 Å². The van der Waals surface area contributed by atoms with Gasteiger partial charge in [0.2, 0.25) is 0 Å². The fraction of sp³-hybridized carbons (Fsp3) is 0.429. The Kier molecular flexibility index (Phi) is 8.19. The van der Waals surface area contributed by atoms with Crippen LogP contribution in [0.15, 0.2) is 65.6 Å². The van der Waals surface area contributed by atoms with Crippen LogP contribution in [0.2, 0.25) is 0 Å². The summed E-state index contributed by atoms with van der Waals surface area (Å²) >= 11 is 0. The summed E-state index contributed by atoms with van der Waals surface area (Å²) in [6.07, 6.45) is 8.54. The molecule has 1 N–H and O–H groups in total. The molecule has 0 unspecified atom stereocenters. The lowest BCUT2D eigenvalue weighted by molar-refractivity contribution is 0.0937. The first-order valence-corrected chi connectivity index (χ1v) is 17.1. The highest BCUT2D eigenvalue weighted by atomic mass is 32.2. The Balaban J connectivity index is 1.28. The number of hydrogen-bond acceptors (Lipinski definition) is 6. The van der Waals surface area contributed by atoms with Crippen LogP contribution in [-0.4, -0.2) is 33.2 Å². The monoisotopic (exact) mass is 597 g/mol. The molecule has 1 amide bonds. The van der Waals surface area contributed by atoms with Crippen LogP contribution in [0.1, 0.15) is 103 Å². The number of amides is 1. The molecule has 1 atom stereocenters. The lowest BCUT2D eigenvalue weighted by Gasteiger charge is -2.40. The zero-order valence-corrected chi connectivity index (χ0v) is 25.7. The van der Waals surface area contributed by atoms with Crippen LogP contribution < -0.4 is 15.0 Å². The summed E-state index contributed by atoms with van der Waals surface area (Å²) < 4.78 is 30.3. The van der Waals surface area contributed by atoms with Gasteiger partial charge in [0.05, 0.1) is 42.0 Å². The molecular formula is C35H39N3O4S. The summed E-state index contributed by atoms with van der Waals surface area (Å²) in [7, 11) is -1.70. The average molecular weight is 598 g/mol. The Bertz CT molecular complexity index is 1620. The van der Waals surface area contributed by atoms with Gasteiger partial charge in [-0.1, -0.05) is 25.1 Å². The first kappa shape index (κ1) is 29.3. The standard InChI is InChI=1S/C35H39N3O4S/c1-3-43(40,41)31-14-11-25(12-15-31)32(17-18-36)37-35(39)26-13-16-33(34(22-26)42-2)38(29-5-4-6-29)30-20-27(23-7-8-23)19-28(21-30)24-9-10-24/h11-16,19-24,29,32H,3-10,17H2,1-2H3,(H,37,39)/t32-/m0/s1. The van der Waals surface area contributed by atoms with Crippen molar-refractivity contribution in [1.29, 1.82) is 5.26 Å². The number of carbonyl (C=O) groups excluding carboxylic acids is 1. The quantitative estimate of drug-likeness (QED) is 0.235. The van der Waals surface area contributed by atoms with Gasteiger partial charge in [-0.05, 0) is 116 Å². The molecule has 3 aliphatic rings. The summed E-state index contributed by atoms with van der Waals surface area (Å²) in [6, 6.07) is 21.1. The smallest absolute Gasteiger partial charge is 0.251 e. The van der Waals surface area contributed by atoms with Gasteiger partial charge < -0.3 is 15.0 Å². The number of nitriles is 1. The Hall–Kier alpha value is -3.83. The molecular weight excluding hydrogens is 558 g/mol. The molecule has 0 aromatic heterocycles. The van der Waals surface area contributed by atoms with Crippen molar-refractivity contribution in [2.45, 2.75) is 87.1 Å². The zero-order valence-electron chi connectivity index (χ0n) is 24.9. The molecule has 0 saturated heterocycles. The van der Waals surface area contributed by atoms with Crippen molar-refractivity contribution in [3.05, 3.63) is 82.9 Å². The van der Waals surface area contributed by atoms with Gasteiger partial charge in [-0.3, -0.25) is 4.79 Å². The number of rotatable bonds is 12. The highest BCUT2D eigenvalue weighted by Gasteiger charge is 2.33. The molecule has 3 aromatic rings. The summed E-state index contributed by atoms with van der Waals surface area (Å²) in [6.45, 7) is 1.60. The van der Waals surface area contributed by atoms with Crippen molar-refractivity contribution in [1.82, 2.24) is 5.32 Å². The van der Waals surface area contributed by atoms with E-state index in [4.69, 9.17) is 4.74 Å². The number of nitrogens with one attached hydrogen (secondary N) is 1. The number of anilines is 2. The topological polar surface area (TPSA) is 99.5 Å². The van der Waals surface area contributed by atoms with Crippen LogP contribution in [0, 0.1) is 11.3 Å². The number of carbonyl (C=O) groups is 1. The highest BCUT2D eigenvalue weighted by Crippen LogP contribution is 2.49. The number of methoxy groups -OCH3 is 1. The fourth-order valence-corrected chi connectivity index (χ4v) is 6.86. The van der Waals surface area contributed by atoms with Gasteiger partial charge in [0.15, 0.2) is 9.84 Å². The summed E-state index contributed by atoms with van der Waals surface area (Å²) in [4.78, 5) is 16.1. The lowest BCUT2D eigenvalue weighted by atomic mass is 9.89. The molecule has 3 saturated carbocycles. The van der Waals surface area contributed by atoms with Crippen LogP contribution in [0.25, 0.3) is 0 Å². The maximum atomic E-state index is 13.5. The first-order valence-electron chi connectivity index (χ1n) is 15.4. The van der Waals surface area contributed by atoms with Gasteiger partial charge in [0, 0.05) is 17.3 Å². The second kappa shape index (κ2) is 12.0. The average Bonchev–Trinajstić information content (AvgIpc) is 3.92. The highest BCUT2D eigenvalue weighted by molar-refractivity contribution is 7.91. The lowest BCUT2D eigenvalue weighted by Crippen LogP contribution is -2.37. The number of sulfone groups is 1. The Morgan fingerprint density at radius 1 is 0.977 bits per heavy atom. The van der Waals surface area contributed by atoms with E-state index in [9.17, 15) is 18.5 Å². The molecule has 0 radical (unpaired) electrons. The Morgan fingerprint density at radius 2 is 1.63 bits per heavy atom. The minimum absolute atomic E-state index is 0.00828. The summed E-state index contributed by atoms with van der Waals surface area (Å²) in [5.41, 5.74) is 6.18. The van der Waals surface area contributed by atoms with Crippen LogP contribution in [0.4, 0.5) is 11.4 Å². The SMILES string of the molecule is CCS(=O)(=O)c1ccc([C@H](CC#N)NC(=O)c2ccc(N(c3cc(C4CC4)cc(C4CC4)c3)C3CCC3)c(OC)c2)cc1. The molecule has 6 rings (SSSR count). The number of nitrogens with zero attached hydrogens (tertiary/aromatic N) is 2. The predicted octanol–water partition coefficient (Wildman–Crippen LogP) is 7.32. The third-order valence-corrected chi connectivity index (χ3v) is 10.9. The minimum Gasteiger partial charge on any atom is -0.495 e. The summed E-state index contributed by atoms with van der Waals surface area (Å²) in [5.74, 6) is 1.66. The second-order valence-electron chi connectivity index (χ2n) is 12.1. The Labute approximate surface area is 254 Å². The molecule has 0 bridgehead atoms. The van der Waals surface area contributed by atoms with Crippen LogP contribution in [-0.2, 0) is 9.84 Å². The number of hydrogen-bond donors (Lipinski definition) is 1. The molecule has 0 aliphatic heterocycles. The maximum Gasteiger partial charge on any atom is 0.251 e. The number of ether oxygens (including phenoxy) is 1. The molecule has 3 aromatic carbocycles.